The van der Waals surface area contributed by atoms with E-state index in [9.17, 15) is 4.79 Å². The molecule has 0 bridgehead atoms. The highest BCUT2D eigenvalue weighted by Crippen LogP contribution is 2.33. The second kappa shape index (κ2) is 7.60. The van der Waals surface area contributed by atoms with E-state index in [-0.39, 0.29) is 12.7 Å². The molecule has 148 valence electrons. The van der Waals surface area contributed by atoms with Gasteiger partial charge in [-0.1, -0.05) is 18.2 Å². The third-order valence-electron chi connectivity index (χ3n) is 5.24. The van der Waals surface area contributed by atoms with Crippen molar-refractivity contribution in [2.45, 2.75) is 6.54 Å². The number of fused-ring (bicyclic) bond motifs is 1. The summed E-state index contributed by atoms with van der Waals surface area (Å²) in [5.41, 5.74) is 2.50. The maximum absolute atomic E-state index is 12.8. The minimum Gasteiger partial charge on any atom is -0.454 e. The van der Waals surface area contributed by atoms with Gasteiger partial charge in [0.2, 0.25) is 12.7 Å². The predicted molar refractivity (Wildman–Crippen MR) is 106 cm³/mol. The maximum atomic E-state index is 12.8. The SMILES string of the molecule is O=C(c1ccc2c(c1)OCO2)N1CCN(Cc2coc(-c3ccccc3)n2)CC1. The van der Waals surface area contributed by atoms with Crippen molar-refractivity contribution in [3.63, 3.8) is 0 Å². The largest absolute Gasteiger partial charge is 0.454 e. The van der Waals surface area contributed by atoms with Crippen LogP contribution in [0.15, 0.2) is 59.2 Å². The zero-order valence-electron chi connectivity index (χ0n) is 15.9. The Labute approximate surface area is 168 Å². The molecule has 2 aliphatic heterocycles. The van der Waals surface area contributed by atoms with Gasteiger partial charge >= 0.3 is 0 Å². The number of hydrogen-bond donors (Lipinski definition) is 0. The number of piperazine rings is 1. The second-order valence-electron chi connectivity index (χ2n) is 7.15. The van der Waals surface area contributed by atoms with Crippen molar-refractivity contribution < 1.29 is 18.7 Å². The molecule has 0 unspecified atom stereocenters. The van der Waals surface area contributed by atoms with E-state index in [4.69, 9.17) is 13.9 Å². The van der Waals surface area contributed by atoms with Crippen molar-refractivity contribution in [2.75, 3.05) is 33.0 Å². The minimum atomic E-state index is 0.0238. The first-order valence-electron chi connectivity index (χ1n) is 9.67. The molecule has 0 aliphatic carbocycles. The third-order valence-corrected chi connectivity index (χ3v) is 5.24. The summed E-state index contributed by atoms with van der Waals surface area (Å²) in [5, 5.41) is 0. The van der Waals surface area contributed by atoms with Crippen LogP contribution in [0.5, 0.6) is 11.5 Å². The van der Waals surface area contributed by atoms with Gasteiger partial charge in [-0.05, 0) is 30.3 Å². The highest BCUT2D eigenvalue weighted by atomic mass is 16.7. The fraction of sp³-hybridized carbons (Fsp3) is 0.273. The van der Waals surface area contributed by atoms with Gasteiger partial charge in [0.15, 0.2) is 11.5 Å². The van der Waals surface area contributed by atoms with Gasteiger partial charge in [-0.25, -0.2) is 4.98 Å². The van der Waals surface area contributed by atoms with Crippen molar-refractivity contribution in [2.24, 2.45) is 0 Å². The van der Waals surface area contributed by atoms with E-state index in [1.54, 1.807) is 24.5 Å². The lowest BCUT2D eigenvalue weighted by atomic mass is 10.1. The Hall–Kier alpha value is -3.32. The first kappa shape index (κ1) is 17.8. The van der Waals surface area contributed by atoms with Crippen LogP contribution in [-0.4, -0.2) is 53.7 Å². The highest BCUT2D eigenvalue weighted by Gasteiger charge is 2.24. The number of rotatable bonds is 4. The number of carbonyl (C=O) groups is 1. The summed E-state index contributed by atoms with van der Waals surface area (Å²) in [4.78, 5) is 21.6. The fourth-order valence-electron chi connectivity index (χ4n) is 3.64. The van der Waals surface area contributed by atoms with E-state index in [1.807, 2.05) is 35.2 Å². The van der Waals surface area contributed by atoms with E-state index in [0.29, 0.717) is 42.6 Å². The normalized spacial score (nSPS) is 16.2. The number of carbonyl (C=O) groups excluding carboxylic acids is 1. The third kappa shape index (κ3) is 3.69. The quantitative estimate of drug-likeness (QED) is 0.681. The summed E-state index contributed by atoms with van der Waals surface area (Å²) >= 11 is 0. The average Bonchev–Trinajstić information content (AvgIpc) is 3.43. The van der Waals surface area contributed by atoms with Gasteiger partial charge < -0.3 is 18.8 Å². The first-order chi connectivity index (χ1) is 14.3. The zero-order valence-corrected chi connectivity index (χ0v) is 15.9. The summed E-state index contributed by atoms with van der Waals surface area (Å²) in [7, 11) is 0. The fourth-order valence-corrected chi connectivity index (χ4v) is 3.64. The van der Waals surface area contributed by atoms with E-state index < -0.39 is 0 Å². The lowest BCUT2D eigenvalue weighted by Crippen LogP contribution is -2.48. The van der Waals surface area contributed by atoms with Crippen LogP contribution < -0.4 is 9.47 Å². The summed E-state index contributed by atoms with van der Waals surface area (Å²) < 4.78 is 16.3. The smallest absolute Gasteiger partial charge is 0.254 e. The summed E-state index contributed by atoms with van der Waals surface area (Å²) in [5.74, 6) is 1.98. The van der Waals surface area contributed by atoms with E-state index in [2.05, 4.69) is 9.88 Å². The van der Waals surface area contributed by atoms with Crippen molar-refractivity contribution in [3.05, 3.63) is 66.1 Å². The molecule has 7 heteroatoms. The van der Waals surface area contributed by atoms with Crippen LogP contribution in [0.25, 0.3) is 11.5 Å². The molecule has 2 aromatic carbocycles. The molecule has 1 amide bonds. The Balaban J connectivity index is 1.18. The van der Waals surface area contributed by atoms with E-state index in [0.717, 1.165) is 24.3 Å². The molecule has 3 aromatic rings. The van der Waals surface area contributed by atoms with Gasteiger partial charge in [-0.3, -0.25) is 9.69 Å². The number of oxazole rings is 1. The standard InChI is InChI=1S/C22H21N3O4/c26-22(17-6-7-19-20(12-17)29-15-28-19)25-10-8-24(9-11-25)13-18-14-27-21(23-18)16-4-2-1-3-5-16/h1-7,12,14H,8-11,13,15H2. The molecule has 0 spiro atoms. The van der Waals surface area contributed by atoms with Crippen LogP contribution in [-0.2, 0) is 6.54 Å². The Morgan fingerprint density at radius 1 is 0.966 bits per heavy atom. The number of benzene rings is 2. The van der Waals surface area contributed by atoms with Crippen molar-refractivity contribution in [3.8, 4) is 23.0 Å². The minimum absolute atomic E-state index is 0.0238. The maximum Gasteiger partial charge on any atom is 0.254 e. The number of nitrogens with zero attached hydrogens (tertiary/aromatic N) is 3. The van der Waals surface area contributed by atoms with Gasteiger partial charge in [0.1, 0.15) is 6.26 Å². The molecular formula is C22H21N3O4. The molecule has 5 rings (SSSR count). The van der Waals surface area contributed by atoms with Crippen LogP contribution in [0.4, 0.5) is 0 Å². The van der Waals surface area contributed by atoms with Gasteiger partial charge in [0.05, 0.1) is 5.69 Å². The predicted octanol–water partition coefficient (Wildman–Crippen LogP) is 3.03. The molecule has 0 saturated carbocycles. The van der Waals surface area contributed by atoms with Crippen LogP contribution in [0.1, 0.15) is 16.1 Å². The van der Waals surface area contributed by atoms with E-state index in [1.165, 1.54) is 0 Å². The monoisotopic (exact) mass is 391 g/mol. The van der Waals surface area contributed by atoms with Crippen molar-refractivity contribution in [1.82, 2.24) is 14.8 Å². The van der Waals surface area contributed by atoms with Crippen LogP contribution in [0, 0.1) is 0 Å². The molecule has 29 heavy (non-hydrogen) atoms. The number of aromatic nitrogens is 1. The summed E-state index contributed by atoms with van der Waals surface area (Å²) in [6.07, 6.45) is 1.71. The summed E-state index contributed by atoms with van der Waals surface area (Å²) in [6, 6.07) is 15.2. The molecule has 0 radical (unpaired) electrons. The Kier molecular flexibility index (Phi) is 4.65. The molecular weight excluding hydrogens is 370 g/mol. The van der Waals surface area contributed by atoms with Gasteiger partial charge in [-0.2, -0.15) is 0 Å². The highest BCUT2D eigenvalue weighted by molar-refractivity contribution is 5.95. The molecule has 1 saturated heterocycles. The van der Waals surface area contributed by atoms with Gasteiger partial charge in [-0.15, -0.1) is 0 Å². The van der Waals surface area contributed by atoms with Crippen LogP contribution in [0.3, 0.4) is 0 Å². The molecule has 7 nitrogen and oxygen atoms in total. The van der Waals surface area contributed by atoms with E-state index >= 15 is 0 Å². The summed E-state index contributed by atoms with van der Waals surface area (Å²) in [6.45, 7) is 3.86. The molecule has 0 atom stereocenters. The van der Waals surface area contributed by atoms with Crippen LogP contribution in [0.2, 0.25) is 0 Å². The lowest BCUT2D eigenvalue weighted by molar-refractivity contribution is 0.0626. The Morgan fingerprint density at radius 2 is 1.76 bits per heavy atom. The Morgan fingerprint density at radius 3 is 2.59 bits per heavy atom. The molecule has 3 heterocycles. The number of amides is 1. The Bertz CT molecular complexity index is 1010. The van der Waals surface area contributed by atoms with Crippen molar-refractivity contribution >= 4 is 5.91 Å². The van der Waals surface area contributed by atoms with Gasteiger partial charge in [0.25, 0.3) is 5.91 Å². The molecule has 2 aliphatic rings. The first-order valence-corrected chi connectivity index (χ1v) is 9.67. The number of ether oxygens (including phenoxy) is 2. The topological polar surface area (TPSA) is 68.0 Å². The molecule has 1 aromatic heterocycles. The van der Waals surface area contributed by atoms with Crippen molar-refractivity contribution in [1.29, 1.82) is 0 Å². The molecule has 1 fully saturated rings. The molecule has 0 N–H and O–H groups in total. The van der Waals surface area contributed by atoms with Gasteiger partial charge in [0, 0.05) is 43.9 Å². The average molecular weight is 391 g/mol. The number of hydrogen-bond acceptors (Lipinski definition) is 6. The lowest BCUT2D eigenvalue weighted by Gasteiger charge is -2.34. The zero-order chi connectivity index (χ0) is 19.6. The van der Waals surface area contributed by atoms with Crippen LogP contribution >= 0.6 is 0 Å². The second-order valence-corrected chi connectivity index (χ2v) is 7.15.